The second-order valence-electron chi connectivity index (χ2n) is 7.83. The Morgan fingerprint density at radius 3 is 2.29 bits per heavy atom. The minimum atomic E-state index is -0.590. The summed E-state index contributed by atoms with van der Waals surface area (Å²) in [4.78, 5) is 15.1. The van der Waals surface area contributed by atoms with Crippen molar-refractivity contribution in [3.63, 3.8) is 0 Å². The van der Waals surface area contributed by atoms with Gasteiger partial charge >= 0.3 is 6.03 Å². The lowest BCUT2D eigenvalue weighted by Gasteiger charge is -2.31. The van der Waals surface area contributed by atoms with E-state index in [9.17, 15) is 4.79 Å². The molecule has 0 heterocycles. The van der Waals surface area contributed by atoms with Crippen molar-refractivity contribution in [2.24, 2.45) is 0 Å². The van der Waals surface area contributed by atoms with Crippen LogP contribution in [0.1, 0.15) is 43.5 Å². The quantitative estimate of drug-likeness (QED) is 0.325. The predicted octanol–water partition coefficient (Wildman–Crippen LogP) is 7.65. The summed E-state index contributed by atoms with van der Waals surface area (Å²) in [5.41, 5.74) is 9.70. The van der Waals surface area contributed by atoms with Crippen molar-refractivity contribution < 1.29 is 13.9 Å². The Balaban J connectivity index is 2.12. The van der Waals surface area contributed by atoms with Crippen LogP contribution in [0, 0.1) is 5.82 Å². The molecule has 0 aliphatic rings. The maximum atomic E-state index is 15.2. The van der Waals surface area contributed by atoms with Crippen molar-refractivity contribution in [2.75, 3.05) is 23.1 Å². The molecule has 0 aromatic heterocycles. The van der Waals surface area contributed by atoms with E-state index in [1.807, 2.05) is 20.8 Å². The van der Waals surface area contributed by atoms with E-state index in [1.54, 1.807) is 36.4 Å². The standard InChI is InChI=1S/C26H28Cl2FN3O2/c1-5-19-21(28)14-23(30)20(6-2)25(19)31-26(33)32(15(3)16-7-9-17(27)10-8-16)24-12-11-18(34-4)13-22(24)29/h7-15H,5-6,30H2,1-4H3,(H,31,33)/t15-/m0/s1. The molecular formula is C26H28Cl2FN3O2. The molecule has 34 heavy (non-hydrogen) atoms. The summed E-state index contributed by atoms with van der Waals surface area (Å²) in [6, 6.07) is 12.1. The second kappa shape index (κ2) is 11.0. The first kappa shape index (κ1) is 25.7. The number of carbonyl (C=O) groups is 1. The minimum Gasteiger partial charge on any atom is -0.497 e. The number of nitrogens with two attached hydrogens (primary N) is 1. The highest BCUT2D eigenvalue weighted by Gasteiger charge is 2.28. The number of amides is 2. The highest BCUT2D eigenvalue weighted by atomic mass is 35.5. The maximum absolute atomic E-state index is 15.2. The van der Waals surface area contributed by atoms with E-state index in [-0.39, 0.29) is 5.69 Å². The Morgan fingerprint density at radius 1 is 1.09 bits per heavy atom. The molecule has 8 heteroatoms. The van der Waals surface area contributed by atoms with Crippen molar-refractivity contribution in [3.05, 3.63) is 81.1 Å². The van der Waals surface area contributed by atoms with Gasteiger partial charge in [-0.05, 0) is 66.8 Å². The molecule has 0 unspecified atom stereocenters. The predicted molar refractivity (Wildman–Crippen MR) is 139 cm³/mol. The van der Waals surface area contributed by atoms with Gasteiger partial charge < -0.3 is 15.8 Å². The fourth-order valence-corrected chi connectivity index (χ4v) is 4.47. The molecule has 0 saturated heterocycles. The lowest BCUT2D eigenvalue weighted by molar-refractivity contribution is 0.255. The topological polar surface area (TPSA) is 67.6 Å². The highest BCUT2D eigenvalue weighted by molar-refractivity contribution is 6.32. The van der Waals surface area contributed by atoms with Gasteiger partial charge in [-0.25, -0.2) is 9.18 Å². The minimum absolute atomic E-state index is 0.104. The first-order chi connectivity index (χ1) is 16.2. The fraction of sp³-hybridized carbons (Fsp3) is 0.269. The Labute approximate surface area is 209 Å². The van der Waals surface area contributed by atoms with Crippen LogP contribution in [0.15, 0.2) is 48.5 Å². The van der Waals surface area contributed by atoms with Gasteiger partial charge in [0.2, 0.25) is 0 Å². The van der Waals surface area contributed by atoms with Crippen LogP contribution in [0.4, 0.5) is 26.2 Å². The first-order valence-electron chi connectivity index (χ1n) is 11.0. The third kappa shape index (κ3) is 5.24. The van der Waals surface area contributed by atoms with Gasteiger partial charge in [-0.1, -0.05) is 49.2 Å². The number of nitrogens with one attached hydrogen (secondary N) is 1. The number of methoxy groups -OCH3 is 1. The summed E-state index contributed by atoms with van der Waals surface area (Å²) in [7, 11) is 1.46. The van der Waals surface area contributed by atoms with Gasteiger partial charge in [-0.3, -0.25) is 4.90 Å². The van der Waals surface area contributed by atoms with Gasteiger partial charge in [0.15, 0.2) is 5.82 Å². The monoisotopic (exact) mass is 503 g/mol. The van der Waals surface area contributed by atoms with Crippen molar-refractivity contribution >= 4 is 46.3 Å². The number of ether oxygens (including phenoxy) is 1. The molecule has 3 rings (SSSR count). The van der Waals surface area contributed by atoms with Crippen LogP contribution in [0.25, 0.3) is 0 Å². The molecule has 3 aromatic rings. The smallest absolute Gasteiger partial charge is 0.327 e. The number of rotatable bonds is 7. The fourth-order valence-electron chi connectivity index (χ4n) is 4.00. The lowest BCUT2D eigenvalue weighted by Crippen LogP contribution is -2.38. The van der Waals surface area contributed by atoms with Crippen LogP contribution in [0.5, 0.6) is 5.75 Å². The molecule has 3 aromatic carbocycles. The Kier molecular flexibility index (Phi) is 8.28. The lowest BCUT2D eigenvalue weighted by atomic mass is 10.0. The number of urea groups is 1. The summed E-state index contributed by atoms with van der Waals surface area (Å²) in [5, 5.41) is 4.02. The molecule has 5 nitrogen and oxygen atoms in total. The highest BCUT2D eigenvalue weighted by Crippen LogP contribution is 2.36. The third-order valence-electron chi connectivity index (χ3n) is 5.83. The first-order valence-corrected chi connectivity index (χ1v) is 11.8. The van der Waals surface area contributed by atoms with Crippen molar-refractivity contribution in [1.82, 2.24) is 0 Å². The van der Waals surface area contributed by atoms with E-state index < -0.39 is 17.9 Å². The van der Waals surface area contributed by atoms with Gasteiger partial charge in [0.25, 0.3) is 0 Å². The molecule has 1 atom stereocenters. The van der Waals surface area contributed by atoms with Gasteiger partial charge in [0.05, 0.1) is 24.5 Å². The van der Waals surface area contributed by atoms with Gasteiger partial charge in [0, 0.05) is 21.8 Å². The van der Waals surface area contributed by atoms with E-state index in [0.29, 0.717) is 40.0 Å². The Hall–Kier alpha value is -2.96. The summed E-state index contributed by atoms with van der Waals surface area (Å²) < 4.78 is 20.3. The number of anilines is 3. The molecule has 2 amide bonds. The molecule has 0 saturated carbocycles. The van der Waals surface area contributed by atoms with Crippen molar-refractivity contribution in [2.45, 2.75) is 39.7 Å². The summed E-state index contributed by atoms with van der Waals surface area (Å²) in [6.07, 6.45) is 1.18. The number of hydrogen-bond acceptors (Lipinski definition) is 3. The van der Waals surface area contributed by atoms with Crippen molar-refractivity contribution in [1.29, 1.82) is 0 Å². The molecule has 0 aliphatic carbocycles. The van der Waals surface area contributed by atoms with E-state index in [4.69, 9.17) is 33.7 Å². The molecule has 0 radical (unpaired) electrons. The van der Waals surface area contributed by atoms with E-state index >= 15 is 4.39 Å². The number of halogens is 3. The van der Waals surface area contributed by atoms with Gasteiger partial charge in [-0.2, -0.15) is 0 Å². The maximum Gasteiger partial charge on any atom is 0.327 e. The third-order valence-corrected chi connectivity index (χ3v) is 6.42. The SMILES string of the molecule is CCc1c(N)cc(Cl)c(CC)c1NC(=O)N(c1ccc(OC)cc1F)[C@@H](C)c1ccc(Cl)cc1. The van der Waals surface area contributed by atoms with Crippen LogP contribution in [0.3, 0.4) is 0 Å². The molecule has 180 valence electrons. The Morgan fingerprint density at radius 2 is 1.74 bits per heavy atom. The second-order valence-corrected chi connectivity index (χ2v) is 8.68. The molecule has 0 spiro atoms. The van der Waals surface area contributed by atoms with E-state index in [0.717, 1.165) is 16.7 Å². The van der Waals surface area contributed by atoms with E-state index in [2.05, 4.69) is 5.32 Å². The normalized spacial score (nSPS) is 11.7. The zero-order chi connectivity index (χ0) is 25.0. The zero-order valence-corrected chi connectivity index (χ0v) is 21.1. The van der Waals surface area contributed by atoms with Gasteiger partial charge in [-0.15, -0.1) is 0 Å². The van der Waals surface area contributed by atoms with E-state index in [1.165, 1.54) is 24.1 Å². The average molecular weight is 504 g/mol. The summed E-state index contributed by atoms with van der Waals surface area (Å²) >= 11 is 12.5. The van der Waals surface area contributed by atoms with Crippen molar-refractivity contribution in [3.8, 4) is 5.75 Å². The number of nitrogen functional groups attached to an aromatic ring is 1. The van der Waals surface area contributed by atoms with Crippen LogP contribution in [-0.2, 0) is 12.8 Å². The zero-order valence-electron chi connectivity index (χ0n) is 19.6. The molecular weight excluding hydrogens is 476 g/mol. The number of carbonyl (C=O) groups excluding carboxylic acids is 1. The number of nitrogens with zero attached hydrogens (tertiary/aromatic N) is 1. The van der Waals surface area contributed by atoms with Gasteiger partial charge in [0.1, 0.15) is 5.75 Å². The molecule has 3 N–H and O–H groups in total. The van der Waals surface area contributed by atoms with Crippen LogP contribution in [0.2, 0.25) is 10.0 Å². The molecule has 0 bridgehead atoms. The molecule has 0 aliphatic heterocycles. The average Bonchev–Trinajstić information content (AvgIpc) is 2.80. The summed E-state index contributed by atoms with van der Waals surface area (Å²) in [6.45, 7) is 5.72. The largest absolute Gasteiger partial charge is 0.497 e. The molecule has 0 fully saturated rings. The Bertz CT molecular complexity index is 1160. The number of hydrogen-bond donors (Lipinski definition) is 2. The van der Waals surface area contributed by atoms with Crippen LogP contribution in [-0.4, -0.2) is 13.1 Å². The van der Waals surface area contributed by atoms with Crippen LogP contribution >= 0.6 is 23.2 Å². The number of benzene rings is 3. The van der Waals surface area contributed by atoms with Crippen LogP contribution < -0.4 is 20.7 Å². The summed E-state index contributed by atoms with van der Waals surface area (Å²) in [5.74, 6) is -0.239.